The second-order valence-electron chi connectivity index (χ2n) is 3.06. The van der Waals surface area contributed by atoms with Gasteiger partial charge in [0.25, 0.3) is 5.88 Å². The van der Waals surface area contributed by atoms with Crippen molar-refractivity contribution in [3.05, 3.63) is 24.3 Å². The highest BCUT2D eigenvalue weighted by Crippen LogP contribution is 2.27. The molecule has 0 unspecified atom stereocenters. The summed E-state index contributed by atoms with van der Waals surface area (Å²) >= 11 is 1.41. The van der Waals surface area contributed by atoms with Crippen molar-refractivity contribution in [2.75, 3.05) is 13.2 Å². The molecule has 5 heteroatoms. The van der Waals surface area contributed by atoms with Crippen LogP contribution in [-0.4, -0.2) is 22.6 Å². The fourth-order valence-electron chi connectivity index (χ4n) is 1.21. The normalized spacial score (nSPS) is 10.7. The summed E-state index contributed by atoms with van der Waals surface area (Å²) in [5, 5.41) is 9.60. The Hall–Kier alpha value is -1.17. The number of hydrogen-bond donors (Lipinski definition) is 2. The summed E-state index contributed by atoms with van der Waals surface area (Å²) in [5.41, 5.74) is 2.77. The van der Waals surface area contributed by atoms with E-state index < -0.39 is 0 Å². The largest absolute Gasteiger partial charge is 0.396 e. The SMILES string of the molecule is OCCCNOc1nsc2ccccc12. The molecule has 0 aliphatic rings. The predicted octanol–water partition coefficient (Wildman–Crippen LogP) is 1.56. The molecule has 0 bridgehead atoms. The molecule has 0 fully saturated rings. The molecule has 0 amide bonds. The Kier molecular flexibility index (Phi) is 3.49. The zero-order valence-corrected chi connectivity index (χ0v) is 8.96. The molecule has 0 aliphatic carbocycles. The molecule has 2 N–H and O–H groups in total. The van der Waals surface area contributed by atoms with Crippen LogP contribution in [0.5, 0.6) is 5.88 Å². The number of aliphatic hydroxyl groups is 1. The van der Waals surface area contributed by atoms with Crippen molar-refractivity contribution >= 4 is 21.6 Å². The molecule has 1 heterocycles. The Morgan fingerprint density at radius 2 is 2.27 bits per heavy atom. The lowest BCUT2D eigenvalue weighted by atomic mass is 10.3. The minimum absolute atomic E-state index is 0.161. The van der Waals surface area contributed by atoms with Gasteiger partial charge in [0.2, 0.25) is 0 Å². The van der Waals surface area contributed by atoms with E-state index in [9.17, 15) is 0 Å². The summed E-state index contributed by atoms with van der Waals surface area (Å²) in [7, 11) is 0. The van der Waals surface area contributed by atoms with Crippen LogP contribution in [0.25, 0.3) is 10.1 Å². The van der Waals surface area contributed by atoms with Gasteiger partial charge < -0.3 is 9.94 Å². The van der Waals surface area contributed by atoms with Gasteiger partial charge in [-0.05, 0) is 30.1 Å². The average Bonchev–Trinajstić information content (AvgIpc) is 2.68. The standard InChI is InChI=1S/C10H12N2O2S/c13-7-3-6-11-14-10-8-4-1-2-5-9(8)15-12-10/h1-2,4-5,11,13H,3,6-7H2. The number of rotatable bonds is 5. The second-order valence-corrected chi connectivity index (χ2v) is 3.86. The van der Waals surface area contributed by atoms with Crippen molar-refractivity contribution in [2.45, 2.75) is 6.42 Å². The Balaban J connectivity index is 2.02. The first kappa shape index (κ1) is 10.4. The van der Waals surface area contributed by atoms with E-state index in [0.29, 0.717) is 18.8 Å². The van der Waals surface area contributed by atoms with E-state index >= 15 is 0 Å². The van der Waals surface area contributed by atoms with Crippen LogP contribution in [0.2, 0.25) is 0 Å². The van der Waals surface area contributed by atoms with Crippen LogP contribution in [0.15, 0.2) is 24.3 Å². The summed E-state index contributed by atoms with van der Waals surface area (Å²) in [4.78, 5) is 5.30. The quantitative estimate of drug-likeness (QED) is 0.598. The van der Waals surface area contributed by atoms with Gasteiger partial charge in [-0.2, -0.15) is 9.85 Å². The number of benzene rings is 1. The molecule has 80 valence electrons. The van der Waals surface area contributed by atoms with E-state index in [4.69, 9.17) is 9.94 Å². The van der Waals surface area contributed by atoms with Crippen LogP contribution >= 0.6 is 11.5 Å². The van der Waals surface area contributed by atoms with E-state index in [2.05, 4.69) is 9.85 Å². The fourth-order valence-corrected chi connectivity index (χ4v) is 1.92. The zero-order valence-electron chi connectivity index (χ0n) is 8.14. The third-order valence-electron chi connectivity index (χ3n) is 1.95. The molecule has 0 saturated carbocycles. The first-order valence-corrected chi connectivity index (χ1v) is 5.54. The van der Waals surface area contributed by atoms with E-state index in [1.807, 2.05) is 24.3 Å². The van der Waals surface area contributed by atoms with Gasteiger partial charge >= 0.3 is 0 Å². The minimum Gasteiger partial charge on any atom is -0.396 e. The van der Waals surface area contributed by atoms with Gasteiger partial charge in [0.15, 0.2) is 0 Å². The highest BCUT2D eigenvalue weighted by atomic mass is 32.1. The number of fused-ring (bicyclic) bond motifs is 1. The third-order valence-corrected chi connectivity index (χ3v) is 2.76. The van der Waals surface area contributed by atoms with Gasteiger partial charge in [-0.25, -0.2) is 0 Å². The lowest BCUT2D eigenvalue weighted by Crippen LogP contribution is -2.20. The molecular weight excluding hydrogens is 212 g/mol. The first-order valence-electron chi connectivity index (χ1n) is 4.77. The van der Waals surface area contributed by atoms with Gasteiger partial charge in [0.05, 0.1) is 10.1 Å². The van der Waals surface area contributed by atoms with Crippen LogP contribution in [0, 0.1) is 0 Å². The third kappa shape index (κ3) is 2.44. The topological polar surface area (TPSA) is 54.4 Å². The smallest absolute Gasteiger partial charge is 0.257 e. The minimum atomic E-state index is 0.161. The summed E-state index contributed by atoms with van der Waals surface area (Å²) < 4.78 is 5.30. The van der Waals surface area contributed by atoms with E-state index in [1.54, 1.807) is 0 Å². The van der Waals surface area contributed by atoms with Crippen LogP contribution < -0.4 is 10.3 Å². The van der Waals surface area contributed by atoms with E-state index in [1.165, 1.54) is 11.5 Å². The Bertz CT molecular complexity index is 430. The number of hydrogen-bond acceptors (Lipinski definition) is 5. The molecule has 2 rings (SSSR count). The lowest BCUT2D eigenvalue weighted by Gasteiger charge is -2.02. The monoisotopic (exact) mass is 224 g/mol. The zero-order chi connectivity index (χ0) is 10.5. The molecule has 0 aliphatic heterocycles. The lowest BCUT2D eigenvalue weighted by molar-refractivity contribution is 0.177. The summed E-state index contributed by atoms with van der Waals surface area (Å²) in [6.45, 7) is 0.774. The van der Waals surface area contributed by atoms with Crippen molar-refractivity contribution in [1.29, 1.82) is 0 Å². The summed E-state index contributed by atoms with van der Waals surface area (Å²) in [6, 6.07) is 7.91. The number of nitrogens with one attached hydrogen (secondary N) is 1. The maximum Gasteiger partial charge on any atom is 0.257 e. The van der Waals surface area contributed by atoms with Crippen molar-refractivity contribution < 1.29 is 9.94 Å². The molecule has 0 atom stereocenters. The van der Waals surface area contributed by atoms with Crippen molar-refractivity contribution in [1.82, 2.24) is 9.85 Å². The molecule has 15 heavy (non-hydrogen) atoms. The predicted molar refractivity (Wildman–Crippen MR) is 60.0 cm³/mol. The van der Waals surface area contributed by atoms with Crippen LogP contribution in [0.3, 0.4) is 0 Å². The first-order chi connectivity index (χ1) is 7.42. The summed E-state index contributed by atoms with van der Waals surface area (Å²) in [6.07, 6.45) is 0.669. The highest BCUT2D eigenvalue weighted by molar-refractivity contribution is 7.13. The van der Waals surface area contributed by atoms with Crippen LogP contribution in [-0.2, 0) is 0 Å². The van der Waals surface area contributed by atoms with E-state index in [0.717, 1.165) is 10.1 Å². The molecule has 0 saturated heterocycles. The molecule has 1 aromatic carbocycles. The van der Waals surface area contributed by atoms with Crippen molar-refractivity contribution in [3.63, 3.8) is 0 Å². The van der Waals surface area contributed by atoms with Gasteiger partial charge in [-0.3, -0.25) is 0 Å². The number of aliphatic hydroxyl groups excluding tert-OH is 1. The Labute approximate surface area is 91.6 Å². The van der Waals surface area contributed by atoms with Gasteiger partial charge in [-0.15, -0.1) is 0 Å². The van der Waals surface area contributed by atoms with Gasteiger partial charge in [0, 0.05) is 13.2 Å². The fraction of sp³-hybridized carbons (Fsp3) is 0.300. The average molecular weight is 224 g/mol. The maximum atomic E-state index is 8.59. The highest BCUT2D eigenvalue weighted by Gasteiger charge is 2.05. The Morgan fingerprint density at radius 1 is 1.40 bits per heavy atom. The van der Waals surface area contributed by atoms with E-state index in [-0.39, 0.29) is 6.61 Å². The Morgan fingerprint density at radius 3 is 3.13 bits per heavy atom. The van der Waals surface area contributed by atoms with Crippen molar-refractivity contribution in [2.24, 2.45) is 0 Å². The molecule has 1 aromatic heterocycles. The molecule has 4 nitrogen and oxygen atoms in total. The maximum absolute atomic E-state index is 8.59. The molecule has 0 spiro atoms. The number of aromatic nitrogens is 1. The van der Waals surface area contributed by atoms with Crippen molar-refractivity contribution in [3.8, 4) is 5.88 Å². The van der Waals surface area contributed by atoms with Gasteiger partial charge in [-0.1, -0.05) is 12.1 Å². The molecule has 2 aromatic rings. The summed E-state index contributed by atoms with van der Waals surface area (Å²) in [5.74, 6) is 0.605. The molecule has 0 radical (unpaired) electrons. The van der Waals surface area contributed by atoms with Crippen LogP contribution in [0.1, 0.15) is 6.42 Å². The number of nitrogens with zero attached hydrogens (tertiary/aromatic N) is 1. The van der Waals surface area contributed by atoms with Gasteiger partial charge in [0.1, 0.15) is 0 Å². The molecular formula is C10H12N2O2S. The second kappa shape index (κ2) is 5.06. The van der Waals surface area contributed by atoms with Crippen LogP contribution in [0.4, 0.5) is 0 Å². The number of hydroxylamine groups is 1.